The number of amides is 1. The van der Waals surface area contributed by atoms with E-state index in [4.69, 9.17) is 0 Å². The molecular weight excluding hydrogens is 380 g/mol. The molecule has 0 bridgehead atoms. The Bertz CT molecular complexity index is 787. The minimum Gasteiger partial charge on any atom is -0.333 e. The molecule has 0 aromatic carbocycles. The van der Waals surface area contributed by atoms with Crippen LogP contribution in [0.5, 0.6) is 0 Å². The second-order valence-corrected chi connectivity index (χ2v) is 9.46. The molecular formula is C23H32N4OS. The van der Waals surface area contributed by atoms with Crippen molar-refractivity contribution in [3.8, 4) is 0 Å². The molecule has 2 fully saturated rings. The molecule has 1 saturated heterocycles. The summed E-state index contributed by atoms with van der Waals surface area (Å²) in [5.74, 6) is 0.656. The molecule has 0 N–H and O–H groups in total. The molecule has 1 unspecified atom stereocenters. The van der Waals surface area contributed by atoms with Crippen LogP contribution in [-0.2, 0) is 6.54 Å². The Kier molecular flexibility index (Phi) is 6.93. The van der Waals surface area contributed by atoms with Crippen molar-refractivity contribution in [3.63, 3.8) is 0 Å². The molecule has 0 radical (unpaired) electrons. The molecule has 29 heavy (non-hydrogen) atoms. The lowest BCUT2D eigenvalue weighted by Crippen LogP contribution is -2.47. The van der Waals surface area contributed by atoms with Gasteiger partial charge in [0.25, 0.3) is 5.91 Å². The number of thiazole rings is 1. The van der Waals surface area contributed by atoms with Gasteiger partial charge in [-0.05, 0) is 56.7 Å². The Labute approximate surface area is 178 Å². The first-order chi connectivity index (χ1) is 14.2. The minimum absolute atomic E-state index is 0.114. The highest BCUT2D eigenvalue weighted by molar-refractivity contribution is 7.11. The number of likely N-dealkylation sites (tertiary alicyclic amines) is 1. The largest absolute Gasteiger partial charge is 0.333 e. The van der Waals surface area contributed by atoms with Crippen LogP contribution in [-0.4, -0.2) is 51.4 Å². The fourth-order valence-corrected chi connectivity index (χ4v) is 5.69. The van der Waals surface area contributed by atoms with Crippen molar-refractivity contribution in [2.24, 2.45) is 5.92 Å². The summed E-state index contributed by atoms with van der Waals surface area (Å²) in [5.41, 5.74) is 3.70. The number of pyridine rings is 1. The number of nitrogens with zero attached hydrogens (tertiary/aromatic N) is 4. The Hall–Kier alpha value is -1.79. The van der Waals surface area contributed by atoms with Crippen LogP contribution >= 0.6 is 11.3 Å². The number of hydrogen-bond acceptors (Lipinski definition) is 5. The number of aromatic nitrogens is 2. The van der Waals surface area contributed by atoms with Crippen LogP contribution in [0.3, 0.4) is 0 Å². The van der Waals surface area contributed by atoms with Crippen LogP contribution in [0.15, 0.2) is 30.0 Å². The van der Waals surface area contributed by atoms with Gasteiger partial charge < -0.3 is 9.80 Å². The first kappa shape index (κ1) is 20.5. The summed E-state index contributed by atoms with van der Waals surface area (Å²) in [6.07, 6.45) is 13.0. The maximum atomic E-state index is 13.4. The Morgan fingerprint density at radius 3 is 2.83 bits per heavy atom. The van der Waals surface area contributed by atoms with Crippen molar-refractivity contribution in [2.45, 2.75) is 64.5 Å². The summed E-state index contributed by atoms with van der Waals surface area (Å²) in [7, 11) is 0. The zero-order chi connectivity index (χ0) is 20.1. The van der Waals surface area contributed by atoms with Crippen molar-refractivity contribution in [3.05, 3.63) is 46.2 Å². The Balaban J connectivity index is 1.47. The highest BCUT2D eigenvalue weighted by Crippen LogP contribution is 2.28. The molecule has 2 aromatic rings. The molecule has 2 aliphatic rings. The van der Waals surface area contributed by atoms with Gasteiger partial charge in [-0.1, -0.05) is 25.3 Å². The van der Waals surface area contributed by atoms with Gasteiger partial charge in [-0.2, -0.15) is 0 Å². The second kappa shape index (κ2) is 9.81. The highest BCUT2D eigenvalue weighted by Gasteiger charge is 2.30. The van der Waals surface area contributed by atoms with Gasteiger partial charge in [-0.25, -0.2) is 4.98 Å². The number of rotatable bonds is 6. The van der Waals surface area contributed by atoms with Crippen molar-refractivity contribution < 1.29 is 4.79 Å². The normalized spacial score (nSPS) is 21.2. The standard InChI is InChI=1S/C23H32N4OS/c1-18-22(29-17-25-18)23(28)27(14-19-7-5-11-24-13-19)16-20-8-6-12-26(15-20)21-9-3-2-4-10-21/h5,7,11,13,17,20-21H,2-4,6,8-10,12,14-16H2,1H3. The number of hydrogen-bond donors (Lipinski definition) is 0. The quantitative estimate of drug-likeness (QED) is 0.699. The first-order valence-electron chi connectivity index (χ1n) is 11.0. The van der Waals surface area contributed by atoms with Crippen molar-refractivity contribution in [1.29, 1.82) is 0 Å². The van der Waals surface area contributed by atoms with E-state index in [9.17, 15) is 4.79 Å². The second-order valence-electron chi connectivity index (χ2n) is 8.61. The van der Waals surface area contributed by atoms with Gasteiger partial charge >= 0.3 is 0 Å². The van der Waals surface area contributed by atoms with Crippen molar-refractivity contribution in [2.75, 3.05) is 19.6 Å². The zero-order valence-electron chi connectivity index (χ0n) is 17.4. The third kappa shape index (κ3) is 5.23. The van der Waals surface area contributed by atoms with E-state index in [1.165, 1.54) is 62.8 Å². The van der Waals surface area contributed by atoms with E-state index in [0.717, 1.165) is 35.3 Å². The number of aryl methyl sites for hydroxylation is 1. The number of carbonyl (C=O) groups is 1. The topological polar surface area (TPSA) is 49.3 Å². The van der Waals surface area contributed by atoms with E-state index in [2.05, 4.69) is 20.9 Å². The van der Waals surface area contributed by atoms with E-state index in [1.807, 2.05) is 24.1 Å². The molecule has 1 atom stereocenters. The SMILES string of the molecule is Cc1ncsc1C(=O)N(Cc1cccnc1)CC1CCCN(C2CCCCC2)C1. The van der Waals surface area contributed by atoms with Crippen molar-refractivity contribution >= 4 is 17.2 Å². The van der Waals surface area contributed by atoms with Gasteiger partial charge in [-0.3, -0.25) is 9.78 Å². The smallest absolute Gasteiger partial charge is 0.266 e. The first-order valence-corrected chi connectivity index (χ1v) is 11.9. The summed E-state index contributed by atoms with van der Waals surface area (Å²) in [6, 6.07) is 4.77. The van der Waals surface area contributed by atoms with Crippen LogP contribution in [0.1, 0.15) is 65.9 Å². The van der Waals surface area contributed by atoms with Crippen LogP contribution in [0.2, 0.25) is 0 Å². The average molecular weight is 413 g/mol. The summed E-state index contributed by atoms with van der Waals surface area (Å²) >= 11 is 1.45. The molecule has 1 amide bonds. The minimum atomic E-state index is 0.114. The van der Waals surface area contributed by atoms with Crippen LogP contribution < -0.4 is 0 Å². The van der Waals surface area contributed by atoms with Gasteiger partial charge in [0, 0.05) is 38.1 Å². The van der Waals surface area contributed by atoms with E-state index < -0.39 is 0 Å². The molecule has 2 aromatic heterocycles. The van der Waals surface area contributed by atoms with Crippen molar-refractivity contribution in [1.82, 2.24) is 19.8 Å². The lowest BCUT2D eigenvalue weighted by atomic mass is 9.90. The Morgan fingerprint density at radius 2 is 2.10 bits per heavy atom. The average Bonchev–Trinajstić information content (AvgIpc) is 3.20. The monoisotopic (exact) mass is 412 g/mol. The maximum Gasteiger partial charge on any atom is 0.266 e. The molecule has 156 valence electrons. The highest BCUT2D eigenvalue weighted by atomic mass is 32.1. The third-order valence-electron chi connectivity index (χ3n) is 6.44. The number of piperidine rings is 1. The van der Waals surface area contributed by atoms with Crippen LogP contribution in [0, 0.1) is 12.8 Å². The van der Waals surface area contributed by atoms with Gasteiger partial charge in [0.2, 0.25) is 0 Å². The summed E-state index contributed by atoms with van der Waals surface area (Å²) in [6.45, 7) is 5.71. The molecule has 5 nitrogen and oxygen atoms in total. The zero-order valence-corrected chi connectivity index (χ0v) is 18.2. The van der Waals surface area contributed by atoms with E-state index in [1.54, 1.807) is 11.7 Å². The Morgan fingerprint density at radius 1 is 1.24 bits per heavy atom. The summed E-state index contributed by atoms with van der Waals surface area (Å²) < 4.78 is 0. The summed E-state index contributed by atoms with van der Waals surface area (Å²) in [5, 5.41) is 0. The molecule has 6 heteroatoms. The molecule has 0 spiro atoms. The van der Waals surface area contributed by atoms with Gasteiger partial charge in [0.05, 0.1) is 11.2 Å². The lowest BCUT2D eigenvalue weighted by molar-refractivity contribution is 0.0586. The predicted molar refractivity (Wildman–Crippen MR) is 117 cm³/mol. The summed E-state index contributed by atoms with van der Waals surface area (Å²) in [4.78, 5) is 27.4. The van der Waals surface area contributed by atoms with E-state index >= 15 is 0 Å². The predicted octanol–water partition coefficient (Wildman–Crippen LogP) is 4.53. The molecule has 3 heterocycles. The van der Waals surface area contributed by atoms with Gasteiger partial charge in [0.1, 0.15) is 4.88 Å². The van der Waals surface area contributed by atoms with Gasteiger partial charge in [0.15, 0.2) is 0 Å². The molecule has 1 saturated carbocycles. The number of carbonyl (C=O) groups excluding carboxylic acids is 1. The molecule has 4 rings (SSSR count). The molecule has 1 aliphatic carbocycles. The van der Waals surface area contributed by atoms with Crippen LogP contribution in [0.4, 0.5) is 0 Å². The molecule has 1 aliphatic heterocycles. The van der Waals surface area contributed by atoms with E-state index in [0.29, 0.717) is 12.5 Å². The van der Waals surface area contributed by atoms with E-state index in [-0.39, 0.29) is 5.91 Å². The fourth-order valence-electron chi connectivity index (χ4n) is 4.92. The fraction of sp³-hybridized carbons (Fsp3) is 0.609. The van der Waals surface area contributed by atoms with Crippen LogP contribution in [0.25, 0.3) is 0 Å². The third-order valence-corrected chi connectivity index (χ3v) is 7.36. The maximum absolute atomic E-state index is 13.4. The lowest BCUT2D eigenvalue weighted by Gasteiger charge is -2.41. The van der Waals surface area contributed by atoms with Gasteiger partial charge in [-0.15, -0.1) is 11.3 Å².